The van der Waals surface area contributed by atoms with Crippen LogP contribution >= 0.6 is 0 Å². The number of anilines is 1. The van der Waals surface area contributed by atoms with Gasteiger partial charge >= 0.3 is 0 Å². The molecule has 0 radical (unpaired) electrons. The van der Waals surface area contributed by atoms with Gasteiger partial charge in [-0.2, -0.15) is 0 Å². The number of hydrogen-bond acceptors (Lipinski definition) is 4. The summed E-state index contributed by atoms with van der Waals surface area (Å²) < 4.78 is 5.45. The summed E-state index contributed by atoms with van der Waals surface area (Å²) in [6.07, 6.45) is 1.55. The Morgan fingerprint density at radius 1 is 1.04 bits per heavy atom. The number of rotatable bonds is 7. The summed E-state index contributed by atoms with van der Waals surface area (Å²) in [6, 6.07) is 16.8. The van der Waals surface area contributed by atoms with Crippen molar-refractivity contribution in [3.05, 3.63) is 78.5 Å². The third kappa shape index (κ3) is 3.24. The fourth-order valence-corrected chi connectivity index (χ4v) is 3.28. The Labute approximate surface area is 159 Å². The predicted octanol–water partition coefficient (Wildman–Crippen LogP) is 3.49. The summed E-state index contributed by atoms with van der Waals surface area (Å²) in [5.74, 6) is -0.115. The van der Waals surface area contributed by atoms with Gasteiger partial charge in [0.2, 0.25) is 0 Å². The lowest BCUT2D eigenvalue weighted by Gasteiger charge is -2.24. The van der Waals surface area contributed by atoms with E-state index in [1.165, 1.54) is 4.90 Å². The highest BCUT2D eigenvalue weighted by atomic mass is 16.5. The van der Waals surface area contributed by atoms with Crippen LogP contribution in [0.4, 0.5) is 5.69 Å². The van der Waals surface area contributed by atoms with Gasteiger partial charge in [0.1, 0.15) is 11.4 Å². The average Bonchev–Trinajstić information content (AvgIpc) is 2.94. The number of nitrogens with zero attached hydrogens (tertiary/aromatic N) is 2. The second kappa shape index (κ2) is 7.91. The van der Waals surface area contributed by atoms with Crippen molar-refractivity contribution in [1.29, 1.82) is 0 Å². The normalized spacial score (nSPS) is 13.9. The van der Waals surface area contributed by atoms with E-state index < -0.39 is 0 Å². The van der Waals surface area contributed by atoms with Gasteiger partial charge in [0.25, 0.3) is 11.8 Å². The highest BCUT2D eigenvalue weighted by Crippen LogP contribution is 2.37. The Hall–Kier alpha value is -3.34. The second-order valence-electron chi connectivity index (χ2n) is 6.01. The van der Waals surface area contributed by atoms with E-state index in [4.69, 9.17) is 4.74 Å². The lowest BCUT2D eigenvalue weighted by atomic mass is 10.0. The molecule has 0 saturated heterocycles. The number of carbonyl (C=O) groups is 2. The Kier molecular flexibility index (Phi) is 5.41. The number of amides is 2. The molecule has 0 atom stereocenters. The van der Waals surface area contributed by atoms with Crippen molar-refractivity contribution < 1.29 is 14.3 Å². The van der Waals surface area contributed by atoms with Crippen molar-refractivity contribution in [2.75, 3.05) is 25.1 Å². The first-order chi connectivity index (χ1) is 13.1. The van der Waals surface area contributed by atoms with Crippen LogP contribution in [0.25, 0.3) is 5.57 Å². The van der Waals surface area contributed by atoms with E-state index in [-0.39, 0.29) is 18.4 Å². The fraction of sp³-hybridized carbons (Fsp3) is 0.182. The summed E-state index contributed by atoms with van der Waals surface area (Å²) in [5.41, 5.74) is 2.17. The molecule has 5 heteroatoms. The number of methoxy groups -OCH3 is 1. The number of imide groups is 1. The minimum Gasteiger partial charge on any atom is -0.496 e. The molecule has 1 aliphatic rings. The molecule has 5 nitrogen and oxygen atoms in total. The maximum absolute atomic E-state index is 13.2. The van der Waals surface area contributed by atoms with Crippen molar-refractivity contribution in [2.24, 2.45) is 0 Å². The van der Waals surface area contributed by atoms with Gasteiger partial charge in [-0.15, -0.1) is 6.58 Å². The Bertz CT molecular complexity index is 903. The third-order valence-corrected chi connectivity index (χ3v) is 4.49. The zero-order valence-electron chi connectivity index (χ0n) is 15.5. The number of para-hydroxylation sites is 2. The molecular formula is C22H22N2O3. The summed E-state index contributed by atoms with van der Waals surface area (Å²) in [5, 5.41) is 0. The van der Waals surface area contributed by atoms with Crippen LogP contribution in [-0.4, -0.2) is 36.9 Å². The van der Waals surface area contributed by atoms with E-state index >= 15 is 0 Å². The van der Waals surface area contributed by atoms with E-state index in [1.54, 1.807) is 25.3 Å². The van der Waals surface area contributed by atoms with Gasteiger partial charge < -0.3 is 9.64 Å². The van der Waals surface area contributed by atoms with Crippen LogP contribution in [0.3, 0.4) is 0 Å². The molecule has 0 bridgehead atoms. The molecule has 3 rings (SSSR count). The molecule has 0 spiro atoms. The highest BCUT2D eigenvalue weighted by Gasteiger charge is 2.41. The first-order valence-electron chi connectivity index (χ1n) is 8.81. The number of hydrogen-bond donors (Lipinski definition) is 0. The monoisotopic (exact) mass is 362 g/mol. The fourth-order valence-electron chi connectivity index (χ4n) is 3.28. The van der Waals surface area contributed by atoms with Crippen LogP contribution in [0, 0.1) is 0 Å². The number of ether oxygens (including phenoxy) is 1. The smallest absolute Gasteiger partial charge is 0.278 e. The number of likely N-dealkylation sites (N-methyl/N-ethyl adjacent to an activating group) is 1. The molecule has 138 valence electrons. The lowest BCUT2D eigenvalue weighted by Crippen LogP contribution is -2.35. The first-order valence-corrected chi connectivity index (χ1v) is 8.81. The summed E-state index contributed by atoms with van der Waals surface area (Å²) in [6.45, 7) is 6.32. The van der Waals surface area contributed by atoms with Crippen LogP contribution < -0.4 is 9.64 Å². The molecule has 1 heterocycles. The summed E-state index contributed by atoms with van der Waals surface area (Å²) >= 11 is 0. The molecular weight excluding hydrogens is 340 g/mol. The van der Waals surface area contributed by atoms with Gasteiger partial charge in [0, 0.05) is 24.3 Å². The first kappa shape index (κ1) is 18.5. The Morgan fingerprint density at radius 2 is 1.70 bits per heavy atom. The molecule has 27 heavy (non-hydrogen) atoms. The molecule has 1 aliphatic heterocycles. The van der Waals surface area contributed by atoms with Crippen molar-refractivity contribution in [3.8, 4) is 5.75 Å². The molecule has 2 aromatic carbocycles. The largest absolute Gasteiger partial charge is 0.496 e. The van der Waals surface area contributed by atoms with Crippen LogP contribution in [0.1, 0.15) is 12.5 Å². The molecule has 0 saturated carbocycles. The second-order valence-corrected chi connectivity index (χ2v) is 6.01. The molecule has 2 aromatic rings. The topological polar surface area (TPSA) is 49.9 Å². The van der Waals surface area contributed by atoms with Crippen LogP contribution in [0.15, 0.2) is 72.9 Å². The molecule has 0 aliphatic carbocycles. The van der Waals surface area contributed by atoms with Crippen molar-refractivity contribution >= 4 is 23.1 Å². The molecule has 2 amide bonds. The highest BCUT2D eigenvalue weighted by molar-refractivity contribution is 6.37. The van der Waals surface area contributed by atoms with Crippen LogP contribution in [0.5, 0.6) is 5.75 Å². The lowest BCUT2D eigenvalue weighted by molar-refractivity contribution is -0.136. The molecule has 0 N–H and O–H groups in total. The quantitative estimate of drug-likeness (QED) is 0.559. The number of carbonyl (C=O) groups excluding carboxylic acids is 2. The Balaban J connectivity index is 2.25. The van der Waals surface area contributed by atoms with E-state index in [9.17, 15) is 9.59 Å². The van der Waals surface area contributed by atoms with Crippen molar-refractivity contribution in [1.82, 2.24) is 4.90 Å². The van der Waals surface area contributed by atoms with Crippen molar-refractivity contribution in [2.45, 2.75) is 6.92 Å². The van der Waals surface area contributed by atoms with Gasteiger partial charge in [0.05, 0.1) is 12.7 Å². The third-order valence-electron chi connectivity index (χ3n) is 4.49. The Morgan fingerprint density at radius 3 is 2.33 bits per heavy atom. The maximum atomic E-state index is 13.2. The van der Waals surface area contributed by atoms with Crippen molar-refractivity contribution in [3.63, 3.8) is 0 Å². The molecule has 0 aromatic heterocycles. The van der Waals surface area contributed by atoms with E-state index in [0.29, 0.717) is 29.1 Å². The predicted molar refractivity (Wildman–Crippen MR) is 106 cm³/mol. The standard InChI is InChI=1S/C22H22N2O3/c1-4-15-24-21(25)19(17-13-9-10-14-18(17)27-3)20(22(24)26)23(5-2)16-11-7-6-8-12-16/h4,6-14H,1,5,15H2,2-3H3. The zero-order valence-corrected chi connectivity index (χ0v) is 15.5. The van der Waals surface area contributed by atoms with Gasteiger partial charge in [-0.25, -0.2) is 0 Å². The van der Waals surface area contributed by atoms with Gasteiger partial charge in [-0.1, -0.05) is 42.5 Å². The minimum atomic E-state index is -0.339. The zero-order chi connectivity index (χ0) is 19.4. The van der Waals surface area contributed by atoms with E-state index in [2.05, 4.69) is 6.58 Å². The van der Waals surface area contributed by atoms with Gasteiger partial charge in [-0.05, 0) is 25.1 Å². The molecule has 0 fully saturated rings. The maximum Gasteiger partial charge on any atom is 0.278 e. The van der Waals surface area contributed by atoms with Crippen LogP contribution in [-0.2, 0) is 9.59 Å². The number of benzene rings is 2. The van der Waals surface area contributed by atoms with E-state index in [1.807, 2.05) is 54.3 Å². The van der Waals surface area contributed by atoms with Crippen LogP contribution in [0.2, 0.25) is 0 Å². The van der Waals surface area contributed by atoms with Gasteiger partial charge in [-0.3, -0.25) is 14.5 Å². The SMILES string of the molecule is C=CCN1C(=O)C(c2ccccc2OC)=C(N(CC)c2ccccc2)C1=O. The summed E-state index contributed by atoms with van der Waals surface area (Å²) in [4.78, 5) is 29.4. The van der Waals surface area contributed by atoms with E-state index in [0.717, 1.165) is 5.69 Å². The minimum absolute atomic E-state index is 0.159. The average molecular weight is 362 g/mol. The van der Waals surface area contributed by atoms with Gasteiger partial charge in [0.15, 0.2) is 0 Å². The summed E-state index contributed by atoms with van der Waals surface area (Å²) in [7, 11) is 1.55. The molecule has 0 unspecified atom stereocenters.